The Morgan fingerprint density at radius 2 is 2.10 bits per heavy atom. The molecule has 1 N–H and O–H groups in total. The van der Waals surface area contributed by atoms with Crippen molar-refractivity contribution in [1.82, 2.24) is 9.97 Å². The van der Waals surface area contributed by atoms with Crippen LogP contribution in [-0.4, -0.2) is 29.1 Å². The summed E-state index contributed by atoms with van der Waals surface area (Å²) in [5.74, 6) is 1.91. The van der Waals surface area contributed by atoms with Gasteiger partial charge in [0, 0.05) is 24.0 Å². The number of nitrogens with one attached hydrogen (secondary N) is 1. The van der Waals surface area contributed by atoms with Gasteiger partial charge in [-0.2, -0.15) is 4.98 Å². The molecule has 1 aliphatic rings. The summed E-state index contributed by atoms with van der Waals surface area (Å²) in [5.41, 5.74) is 0. The van der Waals surface area contributed by atoms with Gasteiger partial charge in [0.2, 0.25) is 5.95 Å². The Balaban J connectivity index is 2.09. The smallest absolute Gasteiger partial charge is 0.226 e. The van der Waals surface area contributed by atoms with Crippen molar-refractivity contribution >= 4 is 33.3 Å². The summed E-state index contributed by atoms with van der Waals surface area (Å²) in [6.45, 7) is 8.47. The Kier molecular flexibility index (Phi) is 4.29. The quantitative estimate of drug-likeness (QED) is 0.837. The van der Waals surface area contributed by atoms with Crippen LogP contribution < -0.4 is 10.2 Å². The number of anilines is 2. The van der Waals surface area contributed by atoms with Crippen LogP contribution in [0.4, 0.5) is 11.8 Å². The van der Waals surface area contributed by atoms with Crippen molar-refractivity contribution < 1.29 is 0 Å². The number of fused-ring (bicyclic) bond motifs is 1. The van der Waals surface area contributed by atoms with E-state index in [-0.39, 0.29) is 0 Å². The minimum atomic E-state index is 0.683. The molecule has 0 unspecified atom stereocenters. The molecule has 3 rings (SSSR count). The highest BCUT2D eigenvalue weighted by Crippen LogP contribution is 2.37. The molecule has 21 heavy (non-hydrogen) atoms. The number of rotatable bonds is 7. The topological polar surface area (TPSA) is 41.1 Å². The van der Waals surface area contributed by atoms with E-state index in [9.17, 15) is 0 Å². The number of hydrogen-bond acceptors (Lipinski definition) is 5. The molecule has 2 heterocycles. The fraction of sp³-hybridized carbons (Fsp3) is 0.625. The van der Waals surface area contributed by atoms with E-state index >= 15 is 0 Å². The van der Waals surface area contributed by atoms with Gasteiger partial charge in [0.1, 0.15) is 10.6 Å². The average molecular weight is 304 g/mol. The molecule has 5 heteroatoms. The minimum Gasteiger partial charge on any atom is -0.354 e. The Bertz CT molecular complexity index is 618. The second-order valence-electron chi connectivity index (χ2n) is 5.61. The first-order valence-corrected chi connectivity index (χ1v) is 8.89. The second kappa shape index (κ2) is 6.18. The summed E-state index contributed by atoms with van der Waals surface area (Å²) in [7, 11) is 0. The molecule has 0 saturated heterocycles. The van der Waals surface area contributed by atoms with Crippen molar-refractivity contribution in [3.05, 3.63) is 10.9 Å². The third kappa shape index (κ3) is 2.98. The summed E-state index contributed by atoms with van der Waals surface area (Å²) in [6, 6.07) is 2.97. The lowest BCUT2D eigenvalue weighted by Crippen LogP contribution is -2.28. The maximum absolute atomic E-state index is 4.83. The largest absolute Gasteiger partial charge is 0.354 e. The Labute approximate surface area is 130 Å². The van der Waals surface area contributed by atoms with E-state index in [1.807, 2.05) is 0 Å². The first-order valence-electron chi connectivity index (χ1n) is 8.07. The number of thiophene rings is 1. The summed E-state index contributed by atoms with van der Waals surface area (Å²) < 4.78 is 0. The number of aryl methyl sites for hydroxylation is 1. The Morgan fingerprint density at radius 3 is 2.71 bits per heavy atom. The normalized spacial score (nSPS) is 14.6. The van der Waals surface area contributed by atoms with Crippen molar-refractivity contribution in [2.45, 2.75) is 52.5 Å². The van der Waals surface area contributed by atoms with Crippen molar-refractivity contribution in [3.63, 3.8) is 0 Å². The van der Waals surface area contributed by atoms with Crippen molar-refractivity contribution in [2.24, 2.45) is 0 Å². The zero-order valence-corrected chi connectivity index (χ0v) is 14.0. The van der Waals surface area contributed by atoms with Crippen LogP contribution in [0.1, 0.15) is 44.9 Å². The highest BCUT2D eigenvalue weighted by Gasteiger charge is 2.31. The molecule has 0 radical (unpaired) electrons. The number of hydrogen-bond donors (Lipinski definition) is 1. The van der Waals surface area contributed by atoms with Crippen LogP contribution in [0.2, 0.25) is 0 Å². The van der Waals surface area contributed by atoms with Crippen LogP contribution in [0.3, 0.4) is 0 Å². The van der Waals surface area contributed by atoms with E-state index in [1.165, 1.54) is 23.1 Å². The number of nitrogens with zero attached hydrogens (tertiary/aromatic N) is 3. The SMILES string of the molecule is CCCN(c1nc(NCC)nc2sc(CC)cc12)C1CC1. The molecule has 1 saturated carbocycles. The maximum Gasteiger partial charge on any atom is 0.226 e. The van der Waals surface area contributed by atoms with Gasteiger partial charge in [-0.15, -0.1) is 11.3 Å². The van der Waals surface area contributed by atoms with Gasteiger partial charge >= 0.3 is 0 Å². The molecule has 2 aromatic rings. The lowest BCUT2D eigenvalue weighted by Gasteiger charge is -2.24. The van der Waals surface area contributed by atoms with Crippen molar-refractivity contribution in [1.29, 1.82) is 0 Å². The van der Waals surface area contributed by atoms with Crippen LogP contribution >= 0.6 is 11.3 Å². The zero-order valence-electron chi connectivity index (χ0n) is 13.1. The first kappa shape index (κ1) is 14.6. The lowest BCUT2D eigenvalue weighted by molar-refractivity contribution is 0.753. The predicted octanol–water partition coefficient (Wildman–Crippen LogP) is 4.06. The Morgan fingerprint density at radius 1 is 1.29 bits per heavy atom. The zero-order chi connectivity index (χ0) is 14.8. The molecular formula is C16H24N4S. The summed E-state index contributed by atoms with van der Waals surface area (Å²) in [4.78, 5) is 14.5. The van der Waals surface area contributed by atoms with Gasteiger partial charge in [0.15, 0.2) is 0 Å². The average Bonchev–Trinajstić information content (AvgIpc) is 3.23. The van der Waals surface area contributed by atoms with E-state index in [0.29, 0.717) is 6.04 Å². The third-order valence-corrected chi connectivity index (χ3v) is 5.00. The van der Waals surface area contributed by atoms with Gasteiger partial charge in [0.05, 0.1) is 5.39 Å². The van der Waals surface area contributed by atoms with E-state index in [1.54, 1.807) is 11.3 Å². The van der Waals surface area contributed by atoms with Crippen LogP contribution in [0.5, 0.6) is 0 Å². The van der Waals surface area contributed by atoms with Crippen LogP contribution in [-0.2, 0) is 6.42 Å². The molecule has 114 valence electrons. The van der Waals surface area contributed by atoms with E-state index < -0.39 is 0 Å². The van der Waals surface area contributed by atoms with Crippen LogP contribution in [0.25, 0.3) is 10.2 Å². The molecule has 1 aliphatic carbocycles. The molecule has 4 nitrogen and oxygen atoms in total. The van der Waals surface area contributed by atoms with Crippen LogP contribution in [0, 0.1) is 0 Å². The molecule has 0 bridgehead atoms. The van der Waals surface area contributed by atoms with Crippen molar-refractivity contribution in [3.8, 4) is 0 Å². The van der Waals surface area contributed by atoms with Gasteiger partial charge in [-0.3, -0.25) is 0 Å². The summed E-state index contributed by atoms with van der Waals surface area (Å²) in [6.07, 6.45) is 4.82. The highest BCUT2D eigenvalue weighted by molar-refractivity contribution is 7.18. The highest BCUT2D eigenvalue weighted by atomic mass is 32.1. The van der Waals surface area contributed by atoms with Gasteiger partial charge < -0.3 is 10.2 Å². The van der Waals surface area contributed by atoms with E-state index in [4.69, 9.17) is 4.98 Å². The molecule has 0 spiro atoms. The van der Waals surface area contributed by atoms with Gasteiger partial charge in [0.25, 0.3) is 0 Å². The summed E-state index contributed by atoms with van der Waals surface area (Å²) in [5, 5.41) is 4.52. The number of aromatic nitrogens is 2. The van der Waals surface area contributed by atoms with Crippen LogP contribution in [0.15, 0.2) is 6.07 Å². The van der Waals surface area contributed by atoms with E-state index in [2.05, 4.69) is 42.0 Å². The van der Waals surface area contributed by atoms with Gasteiger partial charge in [-0.1, -0.05) is 13.8 Å². The first-order chi connectivity index (χ1) is 10.3. The molecule has 0 aromatic carbocycles. The molecule has 0 aliphatic heterocycles. The molecule has 1 fully saturated rings. The second-order valence-corrected chi connectivity index (χ2v) is 6.73. The fourth-order valence-electron chi connectivity index (χ4n) is 2.68. The predicted molar refractivity (Wildman–Crippen MR) is 91.6 cm³/mol. The Hall–Kier alpha value is -1.36. The van der Waals surface area contributed by atoms with E-state index in [0.717, 1.165) is 42.5 Å². The van der Waals surface area contributed by atoms with Gasteiger partial charge in [-0.25, -0.2) is 4.98 Å². The summed E-state index contributed by atoms with van der Waals surface area (Å²) >= 11 is 1.80. The standard InChI is InChI=1S/C16H24N4S/c1-4-9-20(11-7-8-11)14-13-10-12(5-2)21-15(13)19-16(18-14)17-6-3/h10-11H,4-9H2,1-3H3,(H,17,18,19). The van der Waals surface area contributed by atoms with Crippen molar-refractivity contribution in [2.75, 3.05) is 23.3 Å². The monoisotopic (exact) mass is 304 g/mol. The minimum absolute atomic E-state index is 0.683. The third-order valence-electron chi connectivity index (χ3n) is 3.83. The maximum atomic E-state index is 4.83. The molecule has 0 atom stereocenters. The lowest BCUT2D eigenvalue weighted by atomic mass is 10.2. The molecule has 0 amide bonds. The molecular weight excluding hydrogens is 280 g/mol. The van der Waals surface area contributed by atoms with Gasteiger partial charge in [-0.05, 0) is 38.7 Å². The molecule has 2 aromatic heterocycles. The fourth-order valence-corrected chi connectivity index (χ4v) is 3.64.